The van der Waals surface area contributed by atoms with Gasteiger partial charge in [0.2, 0.25) is 0 Å². The highest BCUT2D eigenvalue weighted by molar-refractivity contribution is 5.88. The van der Waals surface area contributed by atoms with E-state index in [2.05, 4.69) is 6.92 Å². The van der Waals surface area contributed by atoms with Crippen molar-refractivity contribution < 1.29 is 29.7 Å². The molecule has 0 aliphatic heterocycles. The Kier molecular flexibility index (Phi) is 10.4. The summed E-state index contributed by atoms with van der Waals surface area (Å²) in [5.41, 5.74) is 0. The monoisotopic (exact) mass is 368 g/mol. The predicted molar refractivity (Wildman–Crippen MR) is 97.6 cm³/mol. The smallest absolute Gasteiger partial charge is 0.303 e. The van der Waals surface area contributed by atoms with Crippen molar-refractivity contribution in [2.45, 2.75) is 83.3 Å². The molecule has 0 radical (unpaired) electrons. The third-order valence-corrected chi connectivity index (χ3v) is 4.94. The molecule has 0 spiro atoms. The molecule has 0 aromatic rings. The van der Waals surface area contributed by atoms with Gasteiger partial charge in [-0.15, -0.1) is 0 Å². The van der Waals surface area contributed by atoms with E-state index in [0.717, 1.165) is 19.3 Å². The van der Waals surface area contributed by atoms with Gasteiger partial charge in [0, 0.05) is 37.5 Å². The number of aliphatic hydroxyl groups excluding tert-OH is 2. The summed E-state index contributed by atoms with van der Waals surface area (Å²) >= 11 is 0. The van der Waals surface area contributed by atoms with Crippen LogP contribution in [-0.4, -0.2) is 45.1 Å². The Hall–Kier alpha value is -1.53. The summed E-state index contributed by atoms with van der Waals surface area (Å²) < 4.78 is 0. The highest BCUT2D eigenvalue weighted by Gasteiger charge is 2.40. The molecule has 1 aliphatic carbocycles. The third kappa shape index (κ3) is 8.23. The number of carboxylic acid groups (broad SMARTS) is 1. The molecule has 0 aromatic heterocycles. The third-order valence-electron chi connectivity index (χ3n) is 4.94. The number of aliphatic carboxylic acids is 1. The number of hydrogen-bond acceptors (Lipinski definition) is 5. The highest BCUT2D eigenvalue weighted by atomic mass is 16.4. The fraction of sp³-hybridized carbons (Fsp3) is 0.750. The summed E-state index contributed by atoms with van der Waals surface area (Å²) in [5.74, 6) is -2.02. The lowest BCUT2D eigenvalue weighted by molar-refractivity contribution is -0.137. The highest BCUT2D eigenvalue weighted by Crippen LogP contribution is 2.33. The summed E-state index contributed by atoms with van der Waals surface area (Å²) in [4.78, 5) is 34.7. The molecule has 0 saturated heterocycles. The van der Waals surface area contributed by atoms with Crippen molar-refractivity contribution in [2.75, 3.05) is 0 Å². The zero-order valence-electron chi connectivity index (χ0n) is 15.6. The van der Waals surface area contributed by atoms with Crippen LogP contribution in [-0.2, 0) is 14.4 Å². The van der Waals surface area contributed by atoms with Gasteiger partial charge in [-0.25, -0.2) is 0 Å². The zero-order valence-corrected chi connectivity index (χ0v) is 15.6. The number of allylic oxidation sites excluding steroid dienone is 1. The largest absolute Gasteiger partial charge is 0.481 e. The average Bonchev–Trinajstić information content (AvgIpc) is 2.83. The molecule has 4 atom stereocenters. The lowest BCUT2D eigenvalue weighted by Gasteiger charge is -2.18. The van der Waals surface area contributed by atoms with Crippen molar-refractivity contribution >= 4 is 17.5 Å². The first-order valence-corrected chi connectivity index (χ1v) is 9.65. The van der Waals surface area contributed by atoms with Gasteiger partial charge >= 0.3 is 5.97 Å². The van der Waals surface area contributed by atoms with Crippen molar-refractivity contribution in [3.8, 4) is 0 Å². The summed E-state index contributed by atoms with van der Waals surface area (Å²) in [7, 11) is 0. The van der Waals surface area contributed by atoms with Gasteiger partial charge < -0.3 is 15.3 Å². The lowest BCUT2D eigenvalue weighted by Crippen LogP contribution is -2.23. The zero-order chi connectivity index (χ0) is 19.5. The maximum Gasteiger partial charge on any atom is 0.303 e. The topological polar surface area (TPSA) is 112 Å². The molecule has 1 saturated carbocycles. The summed E-state index contributed by atoms with van der Waals surface area (Å²) in [5, 5.41) is 28.7. The summed E-state index contributed by atoms with van der Waals surface area (Å²) in [6.45, 7) is 2.09. The van der Waals surface area contributed by atoms with E-state index < -0.39 is 30.0 Å². The quantitative estimate of drug-likeness (QED) is 0.340. The summed E-state index contributed by atoms with van der Waals surface area (Å²) in [6.07, 6.45) is 6.89. The van der Waals surface area contributed by atoms with E-state index >= 15 is 0 Å². The van der Waals surface area contributed by atoms with Crippen LogP contribution in [0.3, 0.4) is 0 Å². The molecule has 26 heavy (non-hydrogen) atoms. The van der Waals surface area contributed by atoms with E-state index in [0.29, 0.717) is 19.3 Å². The lowest BCUT2D eigenvalue weighted by atomic mass is 9.87. The van der Waals surface area contributed by atoms with Gasteiger partial charge in [0.15, 0.2) is 0 Å². The molecule has 0 aromatic carbocycles. The number of unbranched alkanes of at least 4 members (excludes halogenated alkanes) is 3. The van der Waals surface area contributed by atoms with Crippen molar-refractivity contribution in [2.24, 2.45) is 11.8 Å². The van der Waals surface area contributed by atoms with Gasteiger partial charge in [0.25, 0.3) is 0 Å². The second-order valence-corrected chi connectivity index (χ2v) is 7.22. The van der Waals surface area contributed by atoms with Crippen LogP contribution in [0.4, 0.5) is 0 Å². The number of carboxylic acids is 1. The fourth-order valence-corrected chi connectivity index (χ4v) is 3.40. The number of ketones is 2. The molecule has 0 heterocycles. The second kappa shape index (κ2) is 12.0. The number of rotatable bonds is 13. The van der Waals surface area contributed by atoms with Gasteiger partial charge in [-0.3, -0.25) is 14.4 Å². The Morgan fingerprint density at radius 3 is 2.54 bits per heavy atom. The van der Waals surface area contributed by atoms with Crippen LogP contribution >= 0.6 is 0 Å². The molecule has 1 rings (SSSR count). The molecule has 0 amide bonds. The van der Waals surface area contributed by atoms with Crippen LogP contribution in [0.5, 0.6) is 0 Å². The first-order chi connectivity index (χ1) is 12.3. The van der Waals surface area contributed by atoms with Crippen LogP contribution in [0.25, 0.3) is 0 Å². The van der Waals surface area contributed by atoms with Gasteiger partial charge in [0.05, 0.1) is 12.2 Å². The number of Topliss-reactive ketones (excluding diaryl/α,β-unsaturated/α-hetero) is 2. The Labute approximate surface area is 155 Å². The Morgan fingerprint density at radius 1 is 1.19 bits per heavy atom. The van der Waals surface area contributed by atoms with Crippen LogP contribution < -0.4 is 0 Å². The molecule has 6 heteroatoms. The van der Waals surface area contributed by atoms with Gasteiger partial charge in [0.1, 0.15) is 11.6 Å². The molecule has 1 aliphatic rings. The molecule has 3 N–H and O–H groups in total. The van der Waals surface area contributed by atoms with E-state index in [9.17, 15) is 24.6 Å². The van der Waals surface area contributed by atoms with Crippen molar-refractivity contribution in [3.63, 3.8) is 0 Å². The van der Waals surface area contributed by atoms with Crippen LogP contribution in [0.1, 0.15) is 71.1 Å². The van der Waals surface area contributed by atoms with Gasteiger partial charge in [-0.05, 0) is 19.3 Å². The van der Waals surface area contributed by atoms with Gasteiger partial charge in [-0.2, -0.15) is 0 Å². The minimum atomic E-state index is -0.878. The molecule has 1 fully saturated rings. The fourth-order valence-electron chi connectivity index (χ4n) is 3.40. The Balaban J connectivity index is 2.51. The Bertz CT molecular complexity index is 499. The standard InChI is InChI=1S/C20H32O6/c1-2-3-4-7-14(21)10-11-16-17(19(24)13-18(16)23)12-15(22)8-5-6-9-20(25)26/h10-11,14,16-17,19,21,24H,2-9,12-13H2,1H3,(H,25,26)/b11-10+/t14-,16+,17+,19-/m0/s1. The van der Waals surface area contributed by atoms with E-state index in [-0.39, 0.29) is 37.2 Å². The molecule has 0 unspecified atom stereocenters. The number of hydrogen-bond donors (Lipinski definition) is 3. The number of carbonyl (C=O) groups excluding carboxylic acids is 2. The number of aliphatic hydroxyl groups is 2. The number of carbonyl (C=O) groups is 3. The van der Waals surface area contributed by atoms with Crippen molar-refractivity contribution in [1.82, 2.24) is 0 Å². The second-order valence-electron chi connectivity index (χ2n) is 7.22. The first kappa shape index (κ1) is 22.5. The SMILES string of the molecule is CCCCC[C@H](O)/C=C/[C@H]1C(=O)C[C@H](O)[C@@H]1CC(=O)CCCCC(=O)O. The summed E-state index contributed by atoms with van der Waals surface area (Å²) in [6, 6.07) is 0. The Morgan fingerprint density at radius 2 is 1.88 bits per heavy atom. The van der Waals surface area contributed by atoms with E-state index in [1.54, 1.807) is 12.2 Å². The molecule has 148 valence electrons. The molecule has 6 nitrogen and oxygen atoms in total. The van der Waals surface area contributed by atoms with Crippen molar-refractivity contribution in [3.05, 3.63) is 12.2 Å². The van der Waals surface area contributed by atoms with E-state index in [1.165, 1.54) is 0 Å². The van der Waals surface area contributed by atoms with E-state index in [1.807, 2.05) is 0 Å². The average molecular weight is 368 g/mol. The molecular weight excluding hydrogens is 336 g/mol. The van der Waals surface area contributed by atoms with E-state index in [4.69, 9.17) is 5.11 Å². The maximum atomic E-state index is 12.1. The molecular formula is C20H32O6. The van der Waals surface area contributed by atoms with Crippen LogP contribution in [0, 0.1) is 11.8 Å². The minimum Gasteiger partial charge on any atom is -0.481 e. The minimum absolute atomic E-state index is 0.0396. The maximum absolute atomic E-state index is 12.1. The van der Waals surface area contributed by atoms with Crippen LogP contribution in [0.15, 0.2) is 12.2 Å². The van der Waals surface area contributed by atoms with Crippen LogP contribution in [0.2, 0.25) is 0 Å². The normalized spacial score (nSPS) is 24.3. The first-order valence-electron chi connectivity index (χ1n) is 9.65. The van der Waals surface area contributed by atoms with Gasteiger partial charge in [-0.1, -0.05) is 38.3 Å². The molecule has 0 bridgehead atoms. The predicted octanol–water partition coefficient (Wildman–Crippen LogP) is 2.65. The van der Waals surface area contributed by atoms with Crippen molar-refractivity contribution in [1.29, 1.82) is 0 Å².